The van der Waals surface area contributed by atoms with Crippen LogP contribution in [0.4, 0.5) is 8.78 Å². The van der Waals surface area contributed by atoms with Crippen molar-refractivity contribution in [3.05, 3.63) is 71.2 Å². The van der Waals surface area contributed by atoms with E-state index < -0.39 is 26.6 Å². The van der Waals surface area contributed by atoms with Crippen molar-refractivity contribution < 1.29 is 21.9 Å². The molecule has 0 saturated carbocycles. The van der Waals surface area contributed by atoms with Crippen LogP contribution in [0, 0.1) is 11.6 Å². The quantitative estimate of drug-likeness (QED) is 0.706. The van der Waals surface area contributed by atoms with Crippen molar-refractivity contribution in [2.45, 2.75) is 11.4 Å². The second-order valence-electron chi connectivity index (χ2n) is 4.94. The number of hydrogen-bond acceptors (Lipinski definition) is 5. The Kier molecular flexibility index (Phi) is 5.07. The van der Waals surface area contributed by atoms with Crippen molar-refractivity contribution in [2.75, 3.05) is 0 Å². The SMILES string of the molecule is O=S(=O)(NCc1ccc(Oc2nccs2)cc1)c1ccc(F)cc1F. The zero-order valence-electron chi connectivity index (χ0n) is 12.6. The van der Waals surface area contributed by atoms with Gasteiger partial charge in [0.05, 0.1) is 0 Å². The van der Waals surface area contributed by atoms with Gasteiger partial charge in [0.2, 0.25) is 10.0 Å². The summed E-state index contributed by atoms with van der Waals surface area (Å²) in [5, 5.41) is 2.29. The third kappa shape index (κ3) is 4.38. The molecule has 1 aromatic heterocycles. The molecule has 5 nitrogen and oxygen atoms in total. The van der Waals surface area contributed by atoms with Crippen molar-refractivity contribution in [1.29, 1.82) is 0 Å². The Morgan fingerprint density at radius 1 is 1.12 bits per heavy atom. The van der Waals surface area contributed by atoms with Crippen LogP contribution in [0.25, 0.3) is 0 Å². The lowest BCUT2D eigenvalue weighted by Gasteiger charge is -2.08. The van der Waals surface area contributed by atoms with Crippen molar-refractivity contribution in [2.24, 2.45) is 0 Å². The highest BCUT2D eigenvalue weighted by Crippen LogP contribution is 2.23. The number of benzene rings is 2. The van der Waals surface area contributed by atoms with E-state index >= 15 is 0 Å². The van der Waals surface area contributed by atoms with Crippen LogP contribution in [0.3, 0.4) is 0 Å². The molecule has 0 bridgehead atoms. The first-order valence-electron chi connectivity index (χ1n) is 7.05. The van der Waals surface area contributed by atoms with E-state index in [9.17, 15) is 17.2 Å². The van der Waals surface area contributed by atoms with Gasteiger partial charge >= 0.3 is 0 Å². The van der Waals surface area contributed by atoms with Gasteiger partial charge in [-0.15, -0.1) is 0 Å². The van der Waals surface area contributed by atoms with Crippen molar-refractivity contribution in [3.63, 3.8) is 0 Å². The summed E-state index contributed by atoms with van der Waals surface area (Å²) < 4.78 is 58.5. The minimum atomic E-state index is -4.09. The Morgan fingerprint density at radius 2 is 1.88 bits per heavy atom. The van der Waals surface area contributed by atoms with Crippen LogP contribution in [0.2, 0.25) is 0 Å². The normalized spacial score (nSPS) is 11.4. The maximum absolute atomic E-state index is 13.6. The molecule has 0 amide bonds. The maximum atomic E-state index is 13.6. The van der Waals surface area contributed by atoms with Crippen molar-refractivity contribution >= 4 is 21.4 Å². The topological polar surface area (TPSA) is 68.3 Å². The molecule has 2 aromatic carbocycles. The molecule has 1 N–H and O–H groups in total. The van der Waals surface area contributed by atoms with E-state index in [-0.39, 0.29) is 6.54 Å². The molecule has 3 rings (SSSR count). The monoisotopic (exact) mass is 382 g/mol. The molecule has 1 heterocycles. The second-order valence-corrected chi connectivity index (χ2v) is 7.54. The number of sulfonamides is 1. The lowest BCUT2D eigenvalue weighted by molar-refractivity contribution is 0.478. The van der Waals surface area contributed by atoms with Crippen LogP contribution in [0.15, 0.2) is 58.9 Å². The van der Waals surface area contributed by atoms with E-state index in [1.807, 2.05) is 0 Å². The second kappa shape index (κ2) is 7.26. The van der Waals surface area contributed by atoms with E-state index in [0.29, 0.717) is 22.6 Å². The Hall–Kier alpha value is -2.36. The third-order valence-electron chi connectivity index (χ3n) is 3.19. The zero-order chi connectivity index (χ0) is 17.9. The smallest absolute Gasteiger partial charge is 0.278 e. The highest BCUT2D eigenvalue weighted by molar-refractivity contribution is 7.89. The summed E-state index contributed by atoms with van der Waals surface area (Å²) in [5.74, 6) is -1.42. The van der Waals surface area contributed by atoms with Gasteiger partial charge in [-0.2, -0.15) is 0 Å². The van der Waals surface area contributed by atoms with Crippen LogP contribution in [0.1, 0.15) is 5.56 Å². The third-order valence-corrected chi connectivity index (χ3v) is 5.27. The molecule has 0 atom stereocenters. The molecule has 0 fully saturated rings. The minimum absolute atomic E-state index is 0.0450. The van der Waals surface area contributed by atoms with Gasteiger partial charge in [-0.3, -0.25) is 0 Å². The van der Waals surface area contributed by atoms with Crippen LogP contribution in [0.5, 0.6) is 10.9 Å². The predicted octanol–water partition coefficient (Wildman–Crippen LogP) is 3.69. The molecular formula is C16H12F2N2O3S2. The molecule has 130 valence electrons. The number of nitrogens with zero attached hydrogens (tertiary/aromatic N) is 1. The zero-order valence-corrected chi connectivity index (χ0v) is 14.3. The molecule has 9 heteroatoms. The number of aromatic nitrogens is 1. The predicted molar refractivity (Wildman–Crippen MR) is 89.0 cm³/mol. The summed E-state index contributed by atoms with van der Waals surface area (Å²) >= 11 is 1.35. The summed E-state index contributed by atoms with van der Waals surface area (Å²) in [4.78, 5) is 3.39. The van der Waals surface area contributed by atoms with Crippen LogP contribution >= 0.6 is 11.3 Å². The lowest BCUT2D eigenvalue weighted by Crippen LogP contribution is -2.24. The van der Waals surface area contributed by atoms with Crippen LogP contribution in [-0.4, -0.2) is 13.4 Å². The Bertz CT molecular complexity index is 960. The first kappa shape index (κ1) is 17.5. The van der Waals surface area contributed by atoms with E-state index in [2.05, 4.69) is 9.71 Å². The van der Waals surface area contributed by atoms with Crippen LogP contribution in [-0.2, 0) is 16.6 Å². The van der Waals surface area contributed by atoms with Gasteiger partial charge in [0.25, 0.3) is 5.19 Å². The Labute approximate surface area is 147 Å². The number of halogens is 2. The standard InChI is InChI=1S/C16H12F2N2O3S2/c17-12-3-6-15(14(18)9-12)25(21,22)20-10-11-1-4-13(5-2-11)23-16-19-7-8-24-16/h1-9,20H,10H2. The van der Waals surface area contributed by atoms with E-state index in [1.54, 1.807) is 35.8 Å². The summed E-state index contributed by atoms with van der Waals surface area (Å²) in [6, 6.07) is 8.99. The number of hydrogen-bond donors (Lipinski definition) is 1. The largest absolute Gasteiger partial charge is 0.431 e. The fraction of sp³-hybridized carbons (Fsp3) is 0.0625. The van der Waals surface area contributed by atoms with Crippen LogP contribution < -0.4 is 9.46 Å². The van der Waals surface area contributed by atoms with E-state index in [0.717, 1.165) is 12.1 Å². The first-order chi connectivity index (χ1) is 11.9. The fourth-order valence-electron chi connectivity index (χ4n) is 1.99. The molecule has 3 aromatic rings. The minimum Gasteiger partial charge on any atom is -0.431 e. The van der Waals surface area contributed by atoms with E-state index in [4.69, 9.17) is 4.74 Å². The van der Waals surface area contributed by atoms with Gasteiger partial charge in [-0.25, -0.2) is 26.9 Å². The molecule has 0 saturated heterocycles. The Morgan fingerprint density at radius 3 is 2.52 bits per heavy atom. The summed E-state index contributed by atoms with van der Waals surface area (Å²) in [6.45, 7) is -0.0450. The first-order valence-corrected chi connectivity index (χ1v) is 9.41. The fourth-order valence-corrected chi connectivity index (χ4v) is 3.57. The highest BCUT2D eigenvalue weighted by atomic mass is 32.2. The number of rotatable bonds is 6. The van der Waals surface area contributed by atoms with Gasteiger partial charge in [0.15, 0.2) is 0 Å². The summed E-state index contributed by atoms with van der Waals surface area (Å²) in [6.07, 6.45) is 1.62. The van der Waals surface area contributed by atoms with Gasteiger partial charge in [0, 0.05) is 24.2 Å². The molecule has 0 aliphatic heterocycles. The molecule has 0 spiro atoms. The van der Waals surface area contributed by atoms with Crippen molar-refractivity contribution in [3.8, 4) is 10.9 Å². The molecule has 0 radical (unpaired) electrons. The molecule has 0 aliphatic rings. The molecule has 25 heavy (non-hydrogen) atoms. The van der Waals surface area contributed by atoms with Gasteiger partial charge in [0.1, 0.15) is 22.3 Å². The number of ether oxygens (including phenoxy) is 1. The van der Waals surface area contributed by atoms with Gasteiger partial charge in [-0.1, -0.05) is 23.5 Å². The molecular weight excluding hydrogens is 370 g/mol. The van der Waals surface area contributed by atoms with Gasteiger partial charge in [-0.05, 0) is 29.8 Å². The average Bonchev–Trinajstić information content (AvgIpc) is 3.07. The average molecular weight is 382 g/mol. The lowest BCUT2D eigenvalue weighted by atomic mass is 10.2. The van der Waals surface area contributed by atoms with E-state index in [1.165, 1.54) is 11.3 Å². The molecule has 0 unspecified atom stereocenters. The maximum Gasteiger partial charge on any atom is 0.278 e. The molecule has 0 aliphatic carbocycles. The van der Waals surface area contributed by atoms with Gasteiger partial charge < -0.3 is 4.74 Å². The highest BCUT2D eigenvalue weighted by Gasteiger charge is 2.19. The Balaban J connectivity index is 1.66. The number of thiazole rings is 1. The summed E-state index contributed by atoms with van der Waals surface area (Å²) in [5.41, 5.74) is 0.651. The summed E-state index contributed by atoms with van der Waals surface area (Å²) in [7, 11) is -4.09. The number of nitrogens with one attached hydrogen (secondary N) is 1. The van der Waals surface area contributed by atoms with Crippen molar-refractivity contribution in [1.82, 2.24) is 9.71 Å².